The van der Waals surface area contributed by atoms with Gasteiger partial charge in [0, 0.05) is 0 Å². The molecule has 1 heterocycles. The molecule has 2 aromatic rings. The Balaban J connectivity index is 2.28. The van der Waals surface area contributed by atoms with Gasteiger partial charge >= 0.3 is 6.18 Å². The molecular weight excluding hydrogens is 375 g/mol. The summed E-state index contributed by atoms with van der Waals surface area (Å²) in [6.45, 7) is 0. The molecule has 1 N–H and O–H groups in total. The van der Waals surface area contributed by atoms with Crippen LogP contribution in [0.5, 0.6) is 5.88 Å². The molecule has 4 nitrogen and oxygen atoms in total. The summed E-state index contributed by atoms with van der Waals surface area (Å²) >= 11 is 9.02. The first kappa shape index (κ1) is 15.8. The maximum atomic E-state index is 12.5. The van der Waals surface area contributed by atoms with Crippen molar-refractivity contribution in [2.24, 2.45) is 0 Å². The van der Waals surface area contributed by atoms with Gasteiger partial charge in [-0.1, -0.05) is 11.6 Å². The van der Waals surface area contributed by atoms with Crippen LogP contribution in [0.2, 0.25) is 5.02 Å². The summed E-state index contributed by atoms with van der Waals surface area (Å²) in [5.41, 5.74) is -0.568. The molecule has 0 saturated heterocycles. The van der Waals surface area contributed by atoms with Gasteiger partial charge in [0.25, 0.3) is 0 Å². The third-order valence-electron chi connectivity index (χ3n) is 2.45. The minimum atomic E-state index is -4.44. The molecule has 1 aromatic carbocycles. The Morgan fingerprint density at radius 2 is 2.05 bits per heavy atom. The molecule has 0 aliphatic heterocycles. The van der Waals surface area contributed by atoms with Crippen LogP contribution in [0.4, 0.5) is 24.8 Å². The van der Waals surface area contributed by atoms with Crippen LogP contribution in [0.25, 0.3) is 0 Å². The minimum Gasteiger partial charge on any atom is -0.480 e. The Kier molecular flexibility index (Phi) is 4.58. The van der Waals surface area contributed by atoms with Crippen LogP contribution in [0.3, 0.4) is 0 Å². The van der Waals surface area contributed by atoms with E-state index in [1.54, 1.807) is 0 Å². The second kappa shape index (κ2) is 6.07. The highest BCUT2D eigenvalue weighted by Gasteiger charge is 2.30. The molecule has 9 heteroatoms. The van der Waals surface area contributed by atoms with Crippen LogP contribution in [0.15, 0.2) is 28.9 Å². The Morgan fingerprint density at radius 1 is 1.33 bits per heavy atom. The number of halogens is 5. The third-order valence-corrected chi connectivity index (χ3v) is 3.30. The second-order valence-corrected chi connectivity index (χ2v) is 5.13. The highest BCUT2D eigenvalue weighted by Crippen LogP contribution is 2.34. The predicted octanol–water partition coefficient (Wildman–Crippen LogP) is 4.66. The lowest BCUT2D eigenvalue weighted by molar-refractivity contribution is -0.137. The molecule has 0 fully saturated rings. The number of aromatic nitrogens is 2. The van der Waals surface area contributed by atoms with Crippen molar-refractivity contribution in [2.45, 2.75) is 6.18 Å². The van der Waals surface area contributed by atoms with Gasteiger partial charge < -0.3 is 10.1 Å². The number of methoxy groups -OCH3 is 1. The normalized spacial score (nSPS) is 11.3. The average Bonchev–Trinajstić information content (AvgIpc) is 2.42. The van der Waals surface area contributed by atoms with Crippen molar-refractivity contribution in [3.63, 3.8) is 0 Å². The zero-order valence-electron chi connectivity index (χ0n) is 10.5. The van der Waals surface area contributed by atoms with Gasteiger partial charge in [0.1, 0.15) is 0 Å². The second-order valence-electron chi connectivity index (χ2n) is 3.87. The van der Waals surface area contributed by atoms with Gasteiger partial charge in [-0.05, 0) is 34.1 Å². The van der Waals surface area contributed by atoms with Gasteiger partial charge in [-0.2, -0.15) is 18.2 Å². The molecule has 0 saturated carbocycles. The largest absolute Gasteiger partial charge is 0.480 e. The summed E-state index contributed by atoms with van der Waals surface area (Å²) in [6, 6.07) is 2.97. The van der Waals surface area contributed by atoms with Crippen LogP contribution < -0.4 is 10.1 Å². The maximum absolute atomic E-state index is 12.5. The SMILES string of the molecule is COc1nc(Nc2ccc(C(F)(F)F)cc2Cl)ncc1Br. The fraction of sp³-hybridized carbons (Fsp3) is 0.167. The van der Waals surface area contributed by atoms with Crippen molar-refractivity contribution >= 4 is 39.2 Å². The molecule has 0 atom stereocenters. The van der Waals surface area contributed by atoms with E-state index in [0.29, 0.717) is 4.47 Å². The highest BCUT2D eigenvalue weighted by molar-refractivity contribution is 9.10. The summed E-state index contributed by atoms with van der Waals surface area (Å²) in [6.07, 6.45) is -2.99. The smallest absolute Gasteiger partial charge is 0.416 e. The number of rotatable bonds is 3. The summed E-state index contributed by atoms with van der Waals surface area (Å²) in [5.74, 6) is 0.437. The van der Waals surface area contributed by atoms with Gasteiger partial charge in [-0.15, -0.1) is 0 Å². The first-order chi connectivity index (χ1) is 9.81. The maximum Gasteiger partial charge on any atom is 0.416 e. The van der Waals surface area contributed by atoms with Crippen molar-refractivity contribution in [1.29, 1.82) is 0 Å². The molecular formula is C12H8BrClF3N3O. The third kappa shape index (κ3) is 3.76. The predicted molar refractivity (Wildman–Crippen MR) is 76.0 cm³/mol. The van der Waals surface area contributed by atoms with E-state index in [1.807, 2.05) is 0 Å². The molecule has 0 aliphatic rings. The number of ether oxygens (including phenoxy) is 1. The van der Waals surface area contributed by atoms with Crippen molar-refractivity contribution in [3.8, 4) is 5.88 Å². The fourth-order valence-corrected chi connectivity index (χ4v) is 2.05. The molecule has 21 heavy (non-hydrogen) atoms. The molecule has 0 unspecified atom stereocenters. The zero-order chi connectivity index (χ0) is 15.6. The monoisotopic (exact) mass is 381 g/mol. The highest BCUT2D eigenvalue weighted by atomic mass is 79.9. The average molecular weight is 383 g/mol. The van der Waals surface area contributed by atoms with Crippen LogP contribution in [0, 0.1) is 0 Å². The van der Waals surface area contributed by atoms with Gasteiger partial charge in [0.15, 0.2) is 0 Å². The lowest BCUT2D eigenvalue weighted by Gasteiger charge is -2.11. The molecule has 0 aliphatic carbocycles. The number of alkyl halides is 3. The van der Waals surface area contributed by atoms with Gasteiger partial charge in [0.2, 0.25) is 11.8 Å². The number of anilines is 2. The van der Waals surface area contributed by atoms with Crippen LogP contribution in [-0.4, -0.2) is 17.1 Å². The number of nitrogens with one attached hydrogen (secondary N) is 1. The zero-order valence-corrected chi connectivity index (χ0v) is 12.8. The van der Waals surface area contributed by atoms with Crippen LogP contribution in [0.1, 0.15) is 5.56 Å². The van der Waals surface area contributed by atoms with Gasteiger partial charge in [-0.3, -0.25) is 0 Å². The van der Waals surface area contributed by atoms with Gasteiger partial charge in [-0.25, -0.2) is 4.98 Å². The van der Waals surface area contributed by atoms with E-state index in [2.05, 4.69) is 31.2 Å². The Labute approximate surface area is 131 Å². The first-order valence-electron chi connectivity index (χ1n) is 5.51. The summed E-state index contributed by atoms with van der Waals surface area (Å²) in [5, 5.41) is 2.64. The fourth-order valence-electron chi connectivity index (χ4n) is 1.47. The molecule has 0 spiro atoms. The molecule has 1 aromatic heterocycles. The van der Waals surface area contributed by atoms with E-state index in [-0.39, 0.29) is 22.5 Å². The summed E-state index contributed by atoms with van der Waals surface area (Å²) < 4.78 is 43.2. The molecule has 2 rings (SSSR count). The van der Waals surface area contributed by atoms with Crippen molar-refractivity contribution < 1.29 is 17.9 Å². The minimum absolute atomic E-state index is 0.0877. The lowest BCUT2D eigenvalue weighted by Crippen LogP contribution is -2.05. The molecule has 0 bridgehead atoms. The van der Waals surface area contributed by atoms with E-state index >= 15 is 0 Å². The van der Waals surface area contributed by atoms with Crippen LogP contribution >= 0.6 is 27.5 Å². The van der Waals surface area contributed by atoms with E-state index in [1.165, 1.54) is 19.4 Å². The summed E-state index contributed by atoms with van der Waals surface area (Å²) in [4.78, 5) is 7.99. The van der Waals surface area contributed by atoms with E-state index in [0.717, 1.165) is 12.1 Å². The van der Waals surface area contributed by atoms with E-state index in [9.17, 15) is 13.2 Å². The molecule has 0 radical (unpaired) electrons. The lowest BCUT2D eigenvalue weighted by atomic mass is 10.2. The Hall–Kier alpha value is -1.54. The Bertz CT molecular complexity index is 667. The topological polar surface area (TPSA) is 47.0 Å². The summed E-state index contributed by atoms with van der Waals surface area (Å²) in [7, 11) is 1.43. The standard InChI is InChI=1S/C12H8BrClF3N3O/c1-21-10-7(13)5-18-11(20-10)19-9-3-2-6(4-8(9)14)12(15,16)17/h2-5H,1H3,(H,18,19,20). The number of hydrogen-bond donors (Lipinski definition) is 1. The van der Waals surface area contributed by atoms with E-state index in [4.69, 9.17) is 16.3 Å². The molecule has 112 valence electrons. The van der Waals surface area contributed by atoms with Crippen molar-refractivity contribution in [1.82, 2.24) is 9.97 Å². The Morgan fingerprint density at radius 3 is 2.62 bits per heavy atom. The van der Waals surface area contributed by atoms with Crippen LogP contribution in [-0.2, 0) is 6.18 Å². The number of nitrogens with zero attached hydrogens (tertiary/aromatic N) is 2. The number of hydrogen-bond acceptors (Lipinski definition) is 4. The van der Waals surface area contributed by atoms with Crippen molar-refractivity contribution in [2.75, 3.05) is 12.4 Å². The number of benzene rings is 1. The van der Waals surface area contributed by atoms with Crippen molar-refractivity contribution in [3.05, 3.63) is 39.5 Å². The van der Waals surface area contributed by atoms with E-state index < -0.39 is 11.7 Å². The van der Waals surface area contributed by atoms with Gasteiger partial charge in [0.05, 0.1) is 34.1 Å². The quantitative estimate of drug-likeness (QED) is 0.838. The molecule has 0 amide bonds. The first-order valence-corrected chi connectivity index (χ1v) is 6.68.